The highest BCUT2D eigenvalue weighted by atomic mass is 32.2. The van der Waals surface area contributed by atoms with Crippen molar-refractivity contribution in [2.24, 2.45) is 0 Å². The highest BCUT2D eigenvalue weighted by molar-refractivity contribution is 7.88. The minimum Gasteiger partial charge on any atom is -0.258 e. The van der Waals surface area contributed by atoms with Crippen LogP contribution in [-0.4, -0.2) is 19.9 Å². The van der Waals surface area contributed by atoms with E-state index in [0.717, 1.165) is 19.3 Å². The van der Waals surface area contributed by atoms with Gasteiger partial charge in [-0.15, -0.1) is 0 Å². The topological polar surface area (TPSA) is 89.3 Å². The van der Waals surface area contributed by atoms with E-state index in [1.165, 1.54) is 42.7 Å². The van der Waals surface area contributed by atoms with Crippen LogP contribution in [-0.2, 0) is 15.8 Å². The number of nitrogens with zero attached hydrogens (tertiary/aromatic N) is 1. The molecule has 0 atom stereocenters. The number of nitro benzene ring substituents is 1. The predicted octanol–water partition coefficient (Wildman–Crippen LogP) is 2.90. The monoisotopic (exact) mass is 324 g/mol. The highest BCUT2D eigenvalue weighted by Gasteiger charge is 2.13. The summed E-state index contributed by atoms with van der Waals surface area (Å²) < 4.78 is 26.6. The van der Waals surface area contributed by atoms with Gasteiger partial charge in [0.05, 0.1) is 10.7 Å². The SMILES string of the molecule is O=[N+]([O-])c1ccc(CS(=O)(=O)NCCC2=CCCCC2)cc1. The Morgan fingerprint density at radius 1 is 1.18 bits per heavy atom. The van der Waals surface area contributed by atoms with Gasteiger partial charge in [0.2, 0.25) is 10.0 Å². The molecule has 0 bridgehead atoms. The number of non-ortho nitro benzene ring substituents is 1. The summed E-state index contributed by atoms with van der Waals surface area (Å²) in [4.78, 5) is 10.1. The molecule has 6 nitrogen and oxygen atoms in total. The molecule has 1 N–H and O–H groups in total. The number of nitrogens with one attached hydrogen (secondary N) is 1. The molecular formula is C15H20N2O4S. The van der Waals surface area contributed by atoms with Crippen molar-refractivity contribution in [2.75, 3.05) is 6.54 Å². The molecule has 7 heteroatoms. The largest absolute Gasteiger partial charge is 0.269 e. The Morgan fingerprint density at radius 2 is 1.91 bits per heavy atom. The maximum absolute atomic E-state index is 12.0. The lowest BCUT2D eigenvalue weighted by atomic mass is 9.97. The summed E-state index contributed by atoms with van der Waals surface area (Å²) in [5, 5.41) is 10.6. The summed E-state index contributed by atoms with van der Waals surface area (Å²) >= 11 is 0. The van der Waals surface area contributed by atoms with Crippen LogP contribution in [0.4, 0.5) is 5.69 Å². The fourth-order valence-corrected chi connectivity index (χ4v) is 3.63. The summed E-state index contributed by atoms with van der Waals surface area (Å²) in [5.41, 5.74) is 1.82. The molecule has 0 saturated carbocycles. The highest BCUT2D eigenvalue weighted by Crippen LogP contribution is 2.19. The molecule has 22 heavy (non-hydrogen) atoms. The Morgan fingerprint density at radius 3 is 2.50 bits per heavy atom. The molecule has 1 aromatic carbocycles. The molecule has 0 heterocycles. The maximum Gasteiger partial charge on any atom is 0.269 e. The number of nitro groups is 1. The Hall–Kier alpha value is -1.73. The van der Waals surface area contributed by atoms with Crippen molar-refractivity contribution in [3.63, 3.8) is 0 Å². The molecule has 1 aliphatic rings. The van der Waals surface area contributed by atoms with Crippen molar-refractivity contribution >= 4 is 15.7 Å². The lowest BCUT2D eigenvalue weighted by Gasteiger charge is -2.13. The third kappa shape index (κ3) is 5.23. The van der Waals surface area contributed by atoms with Crippen LogP contribution in [0.3, 0.4) is 0 Å². The number of hydrogen-bond acceptors (Lipinski definition) is 4. The summed E-state index contributed by atoms with van der Waals surface area (Å²) in [6, 6.07) is 5.58. The predicted molar refractivity (Wildman–Crippen MR) is 84.9 cm³/mol. The van der Waals surface area contributed by atoms with Crippen LogP contribution in [0.15, 0.2) is 35.9 Å². The van der Waals surface area contributed by atoms with Gasteiger partial charge in [-0.05, 0) is 37.7 Å². The van der Waals surface area contributed by atoms with Gasteiger partial charge in [0.15, 0.2) is 0 Å². The summed E-state index contributed by atoms with van der Waals surface area (Å²) in [5.74, 6) is -0.163. The molecule has 0 saturated heterocycles. The van der Waals surface area contributed by atoms with Gasteiger partial charge in [-0.25, -0.2) is 13.1 Å². The van der Waals surface area contributed by atoms with Gasteiger partial charge < -0.3 is 0 Å². The van der Waals surface area contributed by atoms with Crippen LogP contribution < -0.4 is 4.72 Å². The van der Waals surface area contributed by atoms with Crippen molar-refractivity contribution in [1.29, 1.82) is 0 Å². The van der Waals surface area contributed by atoms with E-state index in [1.807, 2.05) is 0 Å². The molecule has 0 aliphatic heterocycles. The fraction of sp³-hybridized carbons (Fsp3) is 0.467. The first kappa shape index (κ1) is 16.6. The molecule has 0 spiro atoms. The zero-order valence-electron chi connectivity index (χ0n) is 12.3. The molecule has 0 fully saturated rings. The second kappa shape index (κ2) is 7.51. The zero-order chi connectivity index (χ0) is 16.0. The van der Waals surface area contributed by atoms with E-state index < -0.39 is 14.9 Å². The third-order valence-corrected chi connectivity index (χ3v) is 5.01. The second-order valence-electron chi connectivity index (χ2n) is 5.44. The molecule has 0 unspecified atom stereocenters. The number of benzene rings is 1. The fourth-order valence-electron chi connectivity index (χ4n) is 2.48. The van der Waals surface area contributed by atoms with E-state index in [1.54, 1.807) is 0 Å². The summed E-state index contributed by atoms with van der Waals surface area (Å²) in [6.07, 6.45) is 7.50. The molecule has 1 aromatic rings. The van der Waals surface area contributed by atoms with Crippen LogP contribution in [0.2, 0.25) is 0 Å². The van der Waals surface area contributed by atoms with Gasteiger partial charge in [0, 0.05) is 18.7 Å². The Labute approximate surface area is 130 Å². The molecule has 0 radical (unpaired) electrons. The average molecular weight is 324 g/mol. The van der Waals surface area contributed by atoms with E-state index in [9.17, 15) is 18.5 Å². The Bertz CT molecular complexity index is 651. The first-order valence-corrected chi connectivity index (χ1v) is 9.00. The molecule has 0 aromatic heterocycles. The number of allylic oxidation sites excluding steroid dienone is 1. The maximum atomic E-state index is 12.0. The normalized spacial score (nSPS) is 15.4. The van der Waals surface area contributed by atoms with Crippen molar-refractivity contribution in [1.82, 2.24) is 4.72 Å². The van der Waals surface area contributed by atoms with E-state index >= 15 is 0 Å². The van der Waals surface area contributed by atoms with Crippen LogP contribution >= 0.6 is 0 Å². The van der Waals surface area contributed by atoms with Gasteiger partial charge in [-0.3, -0.25) is 10.1 Å². The molecule has 0 amide bonds. The average Bonchev–Trinajstić information content (AvgIpc) is 2.48. The summed E-state index contributed by atoms with van der Waals surface area (Å²) in [6.45, 7) is 0.404. The lowest BCUT2D eigenvalue weighted by Crippen LogP contribution is -2.26. The van der Waals surface area contributed by atoms with Crippen molar-refractivity contribution in [2.45, 2.75) is 37.9 Å². The Kier molecular flexibility index (Phi) is 5.68. The lowest BCUT2D eigenvalue weighted by molar-refractivity contribution is -0.384. The van der Waals surface area contributed by atoms with Gasteiger partial charge in [0.25, 0.3) is 5.69 Å². The minimum absolute atomic E-state index is 0.0432. The van der Waals surface area contributed by atoms with Crippen molar-refractivity contribution < 1.29 is 13.3 Å². The second-order valence-corrected chi connectivity index (χ2v) is 7.24. The number of sulfonamides is 1. The van der Waals surface area contributed by atoms with Gasteiger partial charge in [-0.1, -0.05) is 23.8 Å². The minimum atomic E-state index is -3.42. The van der Waals surface area contributed by atoms with Crippen LogP contribution in [0.25, 0.3) is 0 Å². The van der Waals surface area contributed by atoms with E-state index in [-0.39, 0.29) is 11.4 Å². The molecule has 2 rings (SSSR count). The first-order valence-electron chi connectivity index (χ1n) is 7.35. The Balaban J connectivity index is 1.85. The van der Waals surface area contributed by atoms with E-state index in [4.69, 9.17) is 0 Å². The van der Waals surface area contributed by atoms with Crippen LogP contribution in [0.1, 0.15) is 37.7 Å². The molecule has 120 valence electrons. The van der Waals surface area contributed by atoms with E-state index in [0.29, 0.717) is 12.1 Å². The summed E-state index contributed by atoms with van der Waals surface area (Å²) in [7, 11) is -3.42. The molecule has 1 aliphatic carbocycles. The van der Waals surface area contributed by atoms with E-state index in [2.05, 4.69) is 10.8 Å². The smallest absolute Gasteiger partial charge is 0.258 e. The van der Waals surface area contributed by atoms with Crippen molar-refractivity contribution in [3.8, 4) is 0 Å². The van der Waals surface area contributed by atoms with Gasteiger partial charge >= 0.3 is 0 Å². The zero-order valence-corrected chi connectivity index (χ0v) is 13.1. The van der Waals surface area contributed by atoms with Crippen LogP contribution in [0, 0.1) is 10.1 Å². The van der Waals surface area contributed by atoms with Gasteiger partial charge in [-0.2, -0.15) is 0 Å². The van der Waals surface area contributed by atoms with Gasteiger partial charge in [0.1, 0.15) is 0 Å². The van der Waals surface area contributed by atoms with Crippen molar-refractivity contribution in [3.05, 3.63) is 51.6 Å². The number of rotatable bonds is 7. The number of hydrogen-bond donors (Lipinski definition) is 1. The third-order valence-electron chi connectivity index (χ3n) is 3.66. The molecular weight excluding hydrogens is 304 g/mol. The standard InChI is InChI=1S/C15H20N2O4S/c18-17(19)15-8-6-14(7-9-15)12-22(20,21)16-11-10-13-4-2-1-3-5-13/h4,6-9,16H,1-3,5,10-12H2. The quantitative estimate of drug-likeness (QED) is 0.474. The first-order chi connectivity index (χ1) is 10.5. The van der Waals surface area contributed by atoms with Crippen LogP contribution in [0.5, 0.6) is 0 Å².